The number of hydrogen-bond acceptors (Lipinski definition) is 5. The predicted molar refractivity (Wildman–Crippen MR) is 145 cm³/mol. The molecule has 5 aromatic rings. The van der Waals surface area contributed by atoms with Crippen LogP contribution < -0.4 is 10.1 Å². The van der Waals surface area contributed by atoms with Gasteiger partial charge in [0.2, 0.25) is 5.91 Å². The second-order valence-electron chi connectivity index (χ2n) is 8.64. The number of hydrogen-bond donors (Lipinski definition) is 4. The number of aliphatic hydroxyl groups excluding tert-OH is 1. The van der Waals surface area contributed by atoms with Gasteiger partial charge < -0.3 is 25.1 Å². The minimum atomic E-state index is -0.323. The third-order valence-corrected chi connectivity index (χ3v) is 7.27. The Balaban J connectivity index is 1.37. The maximum Gasteiger partial charge on any atom is 0.226 e. The fourth-order valence-electron chi connectivity index (χ4n) is 4.36. The van der Waals surface area contributed by atoms with Crippen molar-refractivity contribution in [2.24, 2.45) is 0 Å². The predicted octanol–water partition coefficient (Wildman–Crippen LogP) is 4.67. The average Bonchev–Trinajstić information content (AvgIpc) is 3.48. The molecule has 8 heteroatoms. The number of rotatable bonds is 10. The highest BCUT2D eigenvalue weighted by atomic mass is 32.2. The molecule has 0 aliphatic carbocycles. The topological polar surface area (TPSA) is 103 Å². The summed E-state index contributed by atoms with van der Waals surface area (Å²) < 4.78 is 5.45. The molecule has 184 valence electrons. The number of fused-ring (bicyclic) bond motifs is 2. The Labute approximate surface area is 213 Å². The largest absolute Gasteiger partial charge is 0.497 e. The molecule has 7 nitrogen and oxygen atoms in total. The molecular weight excluding hydrogens is 472 g/mol. The van der Waals surface area contributed by atoms with E-state index < -0.39 is 0 Å². The van der Waals surface area contributed by atoms with Crippen LogP contribution in [0.15, 0.2) is 72.9 Å². The second kappa shape index (κ2) is 10.9. The van der Waals surface area contributed by atoms with Gasteiger partial charge in [0.15, 0.2) is 0 Å². The van der Waals surface area contributed by atoms with Crippen LogP contribution in [-0.4, -0.2) is 51.5 Å². The molecule has 0 radical (unpaired) electrons. The number of aliphatic hydroxyl groups is 1. The zero-order valence-electron chi connectivity index (χ0n) is 20.0. The summed E-state index contributed by atoms with van der Waals surface area (Å²) in [6.45, 7) is -0.113. The Kier molecular flexibility index (Phi) is 7.25. The normalized spacial score (nSPS) is 12.2. The van der Waals surface area contributed by atoms with Gasteiger partial charge in [-0.15, -0.1) is 0 Å². The average molecular weight is 501 g/mol. The van der Waals surface area contributed by atoms with Crippen molar-refractivity contribution in [3.63, 3.8) is 0 Å². The smallest absolute Gasteiger partial charge is 0.226 e. The fraction of sp³-hybridized carbons (Fsp3) is 0.214. The number of amides is 1. The Morgan fingerprint density at radius 2 is 1.97 bits per heavy atom. The number of H-pyrrole nitrogens is 2. The first-order valence-corrected chi connectivity index (χ1v) is 12.9. The molecule has 1 atom stereocenters. The standard InChI is InChI=1S/C28H28N4O3S/c1-35-21-9-10-23-22(13-21)27(24-12-19-8-5-11-29-28(19)32-24)25(31-23)14-26(34)30-20(15-33)17-36-16-18-6-3-2-4-7-18/h2-13,20,31,33H,14-17H2,1H3,(H,29,32)(H,30,34). The van der Waals surface area contributed by atoms with Crippen molar-refractivity contribution in [1.82, 2.24) is 20.3 Å². The maximum atomic E-state index is 13.1. The van der Waals surface area contributed by atoms with Gasteiger partial charge in [-0.3, -0.25) is 4.79 Å². The molecule has 1 unspecified atom stereocenters. The van der Waals surface area contributed by atoms with Crippen molar-refractivity contribution in [3.8, 4) is 17.0 Å². The number of pyridine rings is 1. The van der Waals surface area contributed by atoms with Crippen LogP contribution in [0.5, 0.6) is 5.75 Å². The van der Waals surface area contributed by atoms with E-state index in [4.69, 9.17) is 4.74 Å². The van der Waals surface area contributed by atoms with Crippen LogP contribution in [0.3, 0.4) is 0 Å². The van der Waals surface area contributed by atoms with Crippen LogP contribution in [0.4, 0.5) is 0 Å². The molecule has 3 heterocycles. The van der Waals surface area contributed by atoms with E-state index in [1.165, 1.54) is 5.56 Å². The van der Waals surface area contributed by atoms with Gasteiger partial charge in [-0.1, -0.05) is 30.3 Å². The number of nitrogens with one attached hydrogen (secondary N) is 3. The van der Waals surface area contributed by atoms with Gasteiger partial charge in [0.1, 0.15) is 11.4 Å². The van der Waals surface area contributed by atoms with Gasteiger partial charge in [-0.25, -0.2) is 4.98 Å². The van der Waals surface area contributed by atoms with Crippen LogP contribution in [0, 0.1) is 0 Å². The highest BCUT2D eigenvalue weighted by Crippen LogP contribution is 2.35. The lowest BCUT2D eigenvalue weighted by Gasteiger charge is -2.16. The summed E-state index contributed by atoms with van der Waals surface area (Å²) in [5, 5.41) is 14.8. The van der Waals surface area contributed by atoms with Crippen LogP contribution in [0.2, 0.25) is 0 Å². The molecule has 1 amide bonds. The highest BCUT2D eigenvalue weighted by molar-refractivity contribution is 7.98. The van der Waals surface area contributed by atoms with E-state index >= 15 is 0 Å². The van der Waals surface area contributed by atoms with Crippen molar-refractivity contribution in [2.45, 2.75) is 18.2 Å². The number of carbonyl (C=O) groups is 1. The van der Waals surface area contributed by atoms with E-state index in [9.17, 15) is 9.90 Å². The zero-order valence-corrected chi connectivity index (χ0v) is 20.8. The van der Waals surface area contributed by atoms with Crippen LogP contribution >= 0.6 is 11.8 Å². The van der Waals surface area contributed by atoms with E-state index in [0.717, 1.165) is 50.4 Å². The molecule has 0 aliphatic heterocycles. The third-order valence-electron chi connectivity index (χ3n) is 6.10. The second-order valence-corrected chi connectivity index (χ2v) is 9.67. The molecule has 4 N–H and O–H groups in total. The van der Waals surface area contributed by atoms with Crippen molar-refractivity contribution in [3.05, 3.63) is 84.2 Å². The van der Waals surface area contributed by atoms with E-state index in [-0.39, 0.29) is 25.0 Å². The Morgan fingerprint density at radius 1 is 1.11 bits per heavy atom. The highest BCUT2D eigenvalue weighted by Gasteiger charge is 2.20. The lowest BCUT2D eigenvalue weighted by molar-refractivity contribution is -0.121. The van der Waals surface area contributed by atoms with Crippen molar-refractivity contribution in [1.29, 1.82) is 0 Å². The first kappa shape index (κ1) is 24.0. The van der Waals surface area contributed by atoms with E-state index in [0.29, 0.717) is 5.75 Å². The molecule has 0 spiro atoms. The van der Waals surface area contributed by atoms with Crippen LogP contribution in [-0.2, 0) is 17.0 Å². The first-order valence-electron chi connectivity index (χ1n) is 11.8. The Morgan fingerprint density at radius 3 is 2.75 bits per heavy atom. The summed E-state index contributed by atoms with van der Waals surface area (Å²) >= 11 is 1.69. The number of methoxy groups -OCH3 is 1. The number of benzene rings is 2. The van der Waals surface area contributed by atoms with E-state index in [2.05, 4.69) is 32.4 Å². The quantitative estimate of drug-likeness (QED) is 0.223. The molecule has 0 aliphatic rings. The molecular formula is C28H28N4O3S. The molecule has 2 aromatic carbocycles. The van der Waals surface area contributed by atoms with Gasteiger partial charge in [-0.05, 0) is 42.0 Å². The van der Waals surface area contributed by atoms with Gasteiger partial charge in [0, 0.05) is 45.2 Å². The number of ether oxygens (including phenoxy) is 1. The summed E-state index contributed by atoms with van der Waals surface area (Å²) in [7, 11) is 1.64. The Bertz CT molecular complexity index is 1450. The lowest BCUT2D eigenvalue weighted by Crippen LogP contribution is -2.40. The number of thioether (sulfide) groups is 1. The minimum Gasteiger partial charge on any atom is -0.497 e. The number of carbonyl (C=O) groups excluding carboxylic acids is 1. The monoisotopic (exact) mass is 500 g/mol. The fourth-order valence-corrected chi connectivity index (χ4v) is 5.38. The Hall–Kier alpha value is -3.75. The van der Waals surface area contributed by atoms with Gasteiger partial charge in [0.05, 0.1) is 31.9 Å². The van der Waals surface area contributed by atoms with Gasteiger partial charge in [-0.2, -0.15) is 11.8 Å². The summed E-state index contributed by atoms with van der Waals surface area (Å²) in [4.78, 5) is 24.3. The maximum absolute atomic E-state index is 13.1. The molecule has 0 saturated heterocycles. The summed E-state index contributed by atoms with van der Waals surface area (Å²) in [5.74, 6) is 2.05. The number of aromatic amines is 2. The number of aromatic nitrogens is 3. The van der Waals surface area contributed by atoms with Crippen molar-refractivity contribution in [2.75, 3.05) is 19.5 Å². The third kappa shape index (κ3) is 5.24. The minimum absolute atomic E-state index is 0.113. The summed E-state index contributed by atoms with van der Waals surface area (Å²) in [6, 6.07) is 21.6. The van der Waals surface area contributed by atoms with Gasteiger partial charge >= 0.3 is 0 Å². The molecule has 0 saturated carbocycles. The summed E-state index contributed by atoms with van der Waals surface area (Å²) in [5.41, 5.74) is 5.50. The van der Waals surface area contributed by atoms with Crippen molar-refractivity contribution < 1.29 is 14.6 Å². The molecule has 3 aromatic heterocycles. The number of nitrogens with zero attached hydrogens (tertiary/aromatic N) is 1. The molecule has 0 fully saturated rings. The van der Waals surface area contributed by atoms with Gasteiger partial charge in [0.25, 0.3) is 0 Å². The SMILES string of the molecule is COc1ccc2[nH]c(CC(=O)NC(CO)CSCc3ccccc3)c(-c3cc4cccnc4[nH]3)c2c1. The van der Waals surface area contributed by atoms with Crippen LogP contribution in [0.1, 0.15) is 11.3 Å². The van der Waals surface area contributed by atoms with E-state index in [1.54, 1.807) is 25.1 Å². The van der Waals surface area contributed by atoms with Crippen molar-refractivity contribution >= 4 is 39.6 Å². The molecule has 36 heavy (non-hydrogen) atoms. The van der Waals surface area contributed by atoms with E-state index in [1.807, 2.05) is 54.6 Å². The summed E-state index contributed by atoms with van der Waals surface area (Å²) in [6.07, 6.45) is 1.90. The molecule has 0 bridgehead atoms. The lowest BCUT2D eigenvalue weighted by atomic mass is 10.0. The zero-order chi connectivity index (χ0) is 24.9. The van der Waals surface area contributed by atoms with Crippen LogP contribution in [0.25, 0.3) is 33.2 Å². The first-order chi connectivity index (χ1) is 17.6. The molecule has 5 rings (SSSR count).